The fraction of sp³-hybridized carbons (Fsp3) is 0.609. The molecule has 3 aliphatic heterocycles. The van der Waals surface area contributed by atoms with Crippen LogP contribution in [0.3, 0.4) is 0 Å². The van der Waals surface area contributed by atoms with Crippen LogP contribution in [0.15, 0.2) is 24.3 Å². The van der Waals surface area contributed by atoms with Crippen LogP contribution in [0.4, 0.5) is 0 Å². The van der Waals surface area contributed by atoms with Crippen molar-refractivity contribution >= 4 is 15.6 Å². The van der Waals surface area contributed by atoms with Crippen LogP contribution in [-0.2, 0) is 31.2 Å². The minimum Gasteiger partial charge on any atom is -0.493 e. The predicted octanol–water partition coefficient (Wildman–Crippen LogP) is 0.892. The lowest BCUT2D eigenvalue weighted by Gasteiger charge is -2.71. The van der Waals surface area contributed by atoms with Crippen molar-refractivity contribution in [2.24, 2.45) is 11.3 Å². The van der Waals surface area contributed by atoms with Crippen molar-refractivity contribution in [1.29, 1.82) is 0 Å². The summed E-state index contributed by atoms with van der Waals surface area (Å²) < 4.78 is 45.7. The van der Waals surface area contributed by atoms with Crippen molar-refractivity contribution in [3.8, 4) is 11.5 Å². The number of sulfone groups is 1. The predicted molar refractivity (Wildman–Crippen MR) is 111 cm³/mol. The first kappa shape index (κ1) is 18.7. The van der Waals surface area contributed by atoms with E-state index in [0.717, 1.165) is 24.9 Å². The summed E-state index contributed by atoms with van der Waals surface area (Å²) in [5.74, 6) is -0.0502. The van der Waals surface area contributed by atoms with Crippen molar-refractivity contribution in [3.05, 3.63) is 35.4 Å². The molecule has 2 spiro atoms. The summed E-state index contributed by atoms with van der Waals surface area (Å²) in [6.07, 6.45) is 5.07. The van der Waals surface area contributed by atoms with Crippen LogP contribution in [0.25, 0.3) is 0 Å². The Morgan fingerprint density at radius 1 is 1.23 bits per heavy atom. The van der Waals surface area contributed by atoms with E-state index < -0.39 is 49.3 Å². The molecule has 1 aromatic rings. The Morgan fingerprint density at radius 3 is 2.77 bits per heavy atom. The molecule has 0 aromatic heterocycles. The number of hydrogen-bond donors (Lipinski definition) is 0. The maximum Gasteiger partial charge on any atom is 0.166 e. The second-order valence-electron chi connectivity index (χ2n) is 10.0. The number of nitrogens with zero attached hydrogens (tertiary/aromatic N) is 1. The van der Waals surface area contributed by atoms with E-state index in [0.29, 0.717) is 11.5 Å². The van der Waals surface area contributed by atoms with E-state index in [4.69, 9.17) is 14.2 Å². The number of rotatable bonds is 2. The molecular formula is C23H25NO6S. The highest BCUT2D eigenvalue weighted by molar-refractivity contribution is 7.93. The molecule has 3 heterocycles. The van der Waals surface area contributed by atoms with Crippen molar-refractivity contribution in [1.82, 2.24) is 4.90 Å². The molecule has 1 aromatic carbocycles. The van der Waals surface area contributed by atoms with Crippen LogP contribution in [-0.4, -0.2) is 75.7 Å². The highest BCUT2D eigenvalue weighted by Gasteiger charge is 2.86. The van der Waals surface area contributed by atoms with Gasteiger partial charge in [0, 0.05) is 24.1 Å². The van der Waals surface area contributed by atoms with Gasteiger partial charge in [-0.25, -0.2) is 8.42 Å². The third-order valence-electron chi connectivity index (χ3n) is 9.41. The number of likely N-dealkylation sites (N-methyl/N-ethyl adjacent to an activating group) is 1. The zero-order valence-electron chi connectivity index (χ0n) is 17.8. The van der Waals surface area contributed by atoms with E-state index in [1.165, 1.54) is 5.56 Å². The van der Waals surface area contributed by atoms with Gasteiger partial charge in [0.2, 0.25) is 0 Å². The smallest absolute Gasteiger partial charge is 0.166 e. The van der Waals surface area contributed by atoms with Crippen LogP contribution in [0, 0.1) is 11.3 Å². The van der Waals surface area contributed by atoms with Gasteiger partial charge in [-0.2, -0.15) is 0 Å². The molecule has 7 aliphatic rings. The van der Waals surface area contributed by atoms with Gasteiger partial charge in [-0.05, 0) is 38.1 Å². The second kappa shape index (κ2) is 5.18. The van der Waals surface area contributed by atoms with Crippen LogP contribution in [0.1, 0.15) is 17.5 Å². The Labute approximate surface area is 181 Å². The molecule has 7 atom stereocenters. The summed E-state index contributed by atoms with van der Waals surface area (Å²) in [6.45, 7) is 0.835. The standard InChI is InChI=1S/C23H25NO6S/c1-24-9-8-22-16-12-4-5-14(28-2)18(16)30-20(22)23(29-3)7-6-21(22,15(24)10-12)19-17(23)13(25)11-31(19,26)27/h4-7,15,17,19-20H,8-11H2,1-3H3/t15-,17?,19?,20-,21+,22+,23-/m1/s1. The Hall–Kier alpha value is -1.90. The lowest BCUT2D eigenvalue weighted by Crippen LogP contribution is -2.83. The summed E-state index contributed by atoms with van der Waals surface area (Å²) >= 11 is 0. The monoisotopic (exact) mass is 443 g/mol. The average molecular weight is 444 g/mol. The van der Waals surface area contributed by atoms with Gasteiger partial charge in [0.1, 0.15) is 17.5 Å². The summed E-state index contributed by atoms with van der Waals surface area (Å²) in [7, 11) is 1.64. The number of carbonyl (C=O) groups is 1. The molecule has 7 nitrogen and oxygen atoms in total. The molecule has 4 bridgehead atoms. The van der Waals surface area contributed by atoms with E-state index in [2.05, 4.69) is 24.1 Å². The van der Waals surface area contributed by atoms with Gasteiger partial charge >= 0.3 is 0 Å². The van der Waals surface area contributed by atoms with Crippen molar-refractivity contribution < 1.29 is 27.4 Å². The number of hydrogen-bond acceptors (Lipinski definition) is 7. The summed E-state index contributed by atoms with van der Waals surface area (Å²) in [5.41, 5.74) is -0.131. The minimum atomic E-state index is -3.64. The van der Waals surface area contributed by atoms with Crippen LogP contribution >= 0.6 is 0 Å². The van der Waals surface area contributed by atoms with Gasteiger partial charge in [-0.3, -0.25) is 4.79 Å². The Bertz CT molecular complexity index is 1210. The third-order valence-corrected chi connectivity index (χ3v) is 11.5. The lowest BCUT2D eigenvalue weighted by atomic mass is 9.36. The van der Waals surface area contributed by atoms with Gasteiger partial charge in [-0.15, -0.1) is 0 Å². The fourth-order valence-corrected chi connectivity index (χ4v) is 11.1. The van der Waals surface area contributed by atoms with E-state index >= 15 is 0 Å². The molecule has 3 fully saturated rings. The number of piperidine rings is 1. The van der Waals surface area contributed by atoms with Gasteiger partial charge in [0.15, 0.2) is 27.1 Å². The number of ketones is 1. The van der Waals surface area contributed by atoms with E-state index in [1.54, 1.807) is 14.2 Å². The summed E-state index contributed by atoms with van der Waals surface area (Å²) in [4.78, 5) is 15.5. The summed E-state index contributed by atoms with van der Waals surface area (Å²) in [6, 6.07) is 4.01. The number of ether oxygens (including phenoxy) is 3. The number of methoxy groups -OCH3 is 2. The number of benzene rings is 1. The summed E-state index contributed by atoms with van der Waals surface area (Å²) in [5, 5.41) is -0.796. The van der Waals surface area contributed by atoms with Crippen molar-refractivity contribution in [2.75, 3.05) is 33.6 Å². The molecule has 2 saturated heterocycles. The molecule has 8 rings (SSSR count). The van der Waals surface area contributed by atoms with E-state index in [1.807, 2.05) is 12.1 Å². The molecular weight excluding hydrogens is 418 g/mol. The first-order valence-electron chi connectivity index (χ1n) is 10.9. The Balaban J connectivity index is 1.66. The van der Waals surface area contributed by atoms with Gasteiger partial charge in [-0.1, -0.05) is 18.2 Å². The van der Waals surface area contributed by atoms with Gasteiger partial charge < -0.3 is 19.1 Å². The number of Topliss-reactive ketones (excluding diaryl/α,β-unsaturated/α-hetero) is 1. The van der Waals surface area contributed by atoms with E-state index in [-0.39, 0.29) is 11.8 Å². The maximum absolute atomic E-state index is 13.6. The molecule has 31 heavy (non-hydrogen) atoms. The number of likely N-dealkylation sites (tertiary alicyclic amines) is 1. The maximum atomic E-state index is 13.6. The number of carbonyl (C=O) groups excluding carboxylic acids is 1. The largest absolute Gasteiger partial charge is 0.493 e. The highest BCUT2D eigenvalue weighted by Crippen LogP contribution is 2.76. The molecule has 1 saturated carbocycles. The first-order valence-corrected chi connectivity index (χ1v) is 12.6. The molecule has 164 valence electrons. The minimum absolute atomic E-state index is 0.0289. The normalized spacial score (nSPS) is 47.1. The lowest BCUT2D eigenvalue weighted by molar-refractivity contribution is -0.207. The quantitative estimate of drug-likeness (QED) is 0.628. The Kier molecular flexibility index (Phi) is 3.12. The first-order chi connectivity index (χ1) is 14.8. The highest BCUT2D eigenvalue weighted by atomic mass is 32.2. The molecule has 0 radical (unpaired) electrons. The third kappa shape index (κ3) is 1.61. The fourth-order valence-electron chi connectivity index (χ4n) is 8.53. The van der Waals surface area contributed by atoms with Crippen molar-refractivity contribution in [2.45, 2.75) is 41.3 Å². The average Bonchev–Trinajstić information content (AvgIpc) is 3.24. The zero-order valence-corrected chi connectivity index (χ0v) is 18.6. The van der Waals surface area contributed by atoms with Crippen molar-refractivity contribution in [3.63, 3.8) is 0 Å². The van der Waals surface area contributed by atoms with Gasteiger partial charge in [0.25, 0.3) is 0 Å². The molecule has 2 unspecified atom stereocenters. The van der Waals surface area contributed by atoms with Crippen LogP contribution in [0.5, 0.6) is 11.5 Å². The molecule has 0 N–H and O–H groups in total. The van der Waals surface area contributed by atoms with E-state index in [9.17, 15) is 13.2 Å². The molecule has 8 heteroatoms. The van der Waals surface area contributed by atoms with Gasteiger partial charge in [0.05, 0.1) is 23.7 Å². The van der Waals surface area contributed by atoms with Crippen LogP contribution < -0.4 is 9.47 Å². The Morgan fingerprint density at radius 2 is 2.03 bits per heavy atom. The molecule has 4 aliphatic carbocycles. The topological polar surface area (TPSA) is 82.1 Å². The molecule has 0 amide bonds. The zero-order chi connectivity index (χ0) is 21.6. The van der Waals surface area contributed by atoms with Crippen LogP contribution in [0.2, 0.25) is 0 Å². The SMILES string of the molecule is COc1ccc2c3c1O[C@@H]1[C@]34CCN(C)[C@H](C2)[C@]42C=C[C@@]1(OC)C1C(=O)CS(=O)(=O)C12. The second-order valence-corrected chi connectivity index (χ2v) is 12.2.